The lowest BCUT2D eigenvalue weighted by Crippen LogP contribution is -2.29. The van der Waals surface area contributed by atoms with Crippen LogP contribution in [-0.2, 0) is 6.42 Å². The molecule has 1 aromatic carbocycles. The van der Waals surface area contributed by atoms with E-state index in [0.29, 0.717) is 17.5 Å². The molecule has 4 heteroatoms. The lowest BCUT2D eigenvalue weighted by Gasteiger charge is -2.41. The highest BCUT2D eigenvalue weighted by Gasteiger charge is 2.40. The lowest BCUT2D eigenvalue weighted by molar-refractivity contribution is 0.0692. The Balaban J connectivity index is 2.76. The number of rotatable bonds is 5. The molecule has 0 bridgehead atoms. The van der Waals surface area contributed by atoms with Gasteiger partial charge in [-0.2, -0.15) is 0 Å². The number of hydrogen-bond acceptors (Lipinski definition) is 3. The van der Waals surface area contributed by atoms with Gasteiger partial charge < -0.3 is 15.3 Å². The van der Waals surface area contributed by atoms with Crippen LogP contribution < -0.4 is 0 Å². The second kappa shape index (κ2) is 6.95. The van der Waals surface area contributed by atoms with Gasteiger partial charge in [-0.05, 0) is 50.2 Å². The molecular weight excluding hydrogens is 316 g/mol. The van der Waals surface area contributed by atoms with E-state index in [0.717, 1.165) is 30.4 Å². The third-order valence-corrected chi connectivity index (χ3v) is 5.60. The van der Waals surface area contributed by atoms with E-state index >= 15 is 0 Å². The number of aromatic carboxylic acids is 1. The van der Waals surface area contributed by atoms with Crippen molar-refractivity contribution in [2.24, 2.45) is 5.41 Å². The number of carboxylic acid groups (broad SMARTS) is 1. The first-order valence-corrected chi connectivity index (χ1v) is 8.77. The minimum atomic E-state index is -1.17. The number of aromatic hydroxyl groups is 2. The maximum absolute atomic E-state index is 11.7. The van der Waals surface area contributed by atoms with E-state index in [4.69, 9.17) is 0 Å². The van der Waals surface area contributed by atoms with Crippen LogP contribution in [0.5, 0.6) is 11.5 Å². The van der Waals surface area contributed by atoms with E-state index in [9.17, 15) is 20.1 Å². The molecule has 1 aliphatic rings. The molecule has 0 spiro atoms. The predicted molar refractivity (Wildman–Crippen MR) is 99.4 cm³/mol. The topological polar surface area (TPSA) is 77.8 Å². The van der Waals surface area contributed by atoms with Crippen LogP contribution in [-0.4, -0.2) is 21.3 Å². The maximum atomic E-state index is 11.7. The van der Waals surface area contributed by atoms with Gasteiger partial charge in [0.2, 0.25) is 0 Å². The Morgan fingerprint density at radius 2 is 2.04 bits per heavy atom. The van der Waals surface area contributed by atoms with Crippen molar-refractivity contribution >= 4 is 5.97 Å². The molecule has 136 valence electrons. The second-order valence-electron chi connectivity index (χ2n) is 7.44. The Kier molecular flexibility index (Phi) is 5.31. The van der Waals surface area contributed by atoms with Gasteiger partial charge in [0.25, 0.3) is 0 Å². The molecule has 0 amide bonds. The van der Waals surface area contributed by atoms with Gasteiger partial charge in [0.1, 0.15) is 17.1 Å². The van der Waals surface area contributed by atoms with Crippen LogP contribution in [0.4, 0.5) is 0 Å². The van der Waals surface area contributed by atoms with Crippen molar-refractivity contribution in [1.29, 1.82) is 0 Å². The van der Waals surface area contributed by atoms with E-state index in [1.54, 1.807) is 0 Å². The number of allylic oxidation sites excluding steroid dienone is 3. The smallest absolute Gasteiger partial charge is 0.339 e. The minimum Gasteiger partial charge on any atom is -0.507 e. The summed E-state index contributed by atoms with van der Waals surface area (Å²) in [6.07, 6.45) is 5.00. The quantitative estimate of drug-likeness (QED) is 0.645. The van der Waals surface area contributed by atoms with Gasteiger partial charge in [0, 0.05) is 11.5 Å². The molecular formula is C21H28O4. The van der Waals surface area contributed by atoms with E-state index in [1.165, 1.54) is 6.07 Å². The largest absolute Gasteiger partial charge is 0.507 e. The van der Waals surface area contributed by atoms with Crippen molar-refractivity contribution in [3.8, 4) is 11.5 Å². The number of hydrogen-bond donors (Lipinski definition) is 3. The number of phenolic OH excluding ortho intramolecular Hbond substituents is 1. The molecule has 0 aliphatic heterocycles. The molecule has 1 unspecified atom stereocenters. The Morgan fingerprint density at radius 3 is 2.56 bits per heavy atom. The molecule has 0 fully saturated rings. The highest BCUT2D eigenvalue weighted by atomic mass is 16.4. The zero-order chi connectivity index (χ0) is 18.9. The van der Waals surface area contributed by atoms with Crippen molar-refractivity contribution in [1.82, 2.24) is 0 Å². The van der Waals surface area contributed by atoms with Crippen LogP contribution >= 0.6 is 0 Å². The third-order valence-electron chi connectivity index (χ3n) is 5.60. The fraction of sp³-hybridized carbons (Fsp3) is 0.476. The highest BCUT2D eigenvalue weighted by Crippen LogP contribution is 2.54. The molecule has 0 saturated carbocycles. The normalized spacial score (nSPS) is 23.2. The van der Waals surface area contributed by atoms with Crippen LogP contribution in [0.2, 0.25) is 0 Å². The molecule has 2 rings (SSSR count). The standard InChI is InChI=1S/C21H28O4/c1-6-7-14-11-16(22)18(19(23)17(14)20(24)25)15-10-13(4)8-9-21(15,5)12(2)3/h10-11,15,22-23H,2,6-9H2,1,3-5H3,(H,24,25)/t15?,21-/m0/s1. The van der Waals surface area contributed by atoms with Gasteiger partial charge in [-0.25, -0.2) is 4.79 Å². The van der Waals surface area contributed by atoms with Crippen LogP contribution in [0.3, 0.4) is 0 Å². The van der Waals surface area contributed by atoms with E-state index in [2.05, 4.69) is 13.5 Å². The van der Waals surface area contributed by atoms with Gasteiger partial charge in [-0.3, -0.25) is 0 Å². The SMILES string of the molecule is C=C(C)[C@]1(C)CCC(C)=CC1c1c(O)cc(CCC)c(C(=O)O)c1O. The first-order chi connectivity index (χ1) is 11.6. The number of phenols is 2. The summed E-state index contributed by atoms with van der Waals surface area (Å²) in [6, 6.07) is 1.50. The molecule has 25 heavy (non-hydrogen) atoms. The van der Waals surface area contributed by atoms with Crippen LogP contribution in [0.25, 0.3) is 0 Å². The molecule has 0 heterocycles. The van der Waals surface area contributed by atoms with E-state index < -0.39 is 5.97 Å². The summed E-state index contributed by atoms with van der Waals surface area (Å²) in [7, 11) is 0. The van der Waals surface area contributed by atoms with Crippen LogP contribution in [0, 0.1) is 5.41 Å². The van der Waals surface area contributed by atoms with Gasteiger partial charge >= 0.3 is 5.97 Å². The van der Waals surface area contributed by atoms with Gasteiger partial charge in [0.15, 0.2) is 0 Å². The molecule has 1 aliphatic carbocycles. The van der Waals surface area contributed by atoms with Crippen LogP contribution in [0.15, 0.2) is 29.9 Å². The number of benzene rings is 1. The Bertz CT molecular complexity index is 745. The van der Waals surface area contributed by atoms with Crippen molar-refractivity contribution < 1.29 is 20.1 Å². The number of carboxylic acids is 1. The summed E-state index contributed by atoms with van der Waals surface area (Å²) in [5.41, 5.74) is 2.42. The molecule has 4 nitrogen and oxygen atoms in total. The van der Waals surface area contributed by atoms with E-state index in [1.807, 2.05) is 26.8 Å². The molecule has 0 saturated heterocycles. The summed E-state index contributed by atoms with van der Waals surface area (Å²) in [5.74, 6) is -1.85. The number of carbonyl (C=O) groups is 1. The van der Waals surface area contributed by atoms with Gasteiger partial charge in [-0.1, -0.05) is 44.1 Å². The van der Waals surface area contributed by atoms with Gasteiger partial charge in [0.05, 0.1) is 0 Å². The summed E-state index contributed by atoms with van der Waals surface area (Å²) in [4.78, 5) is 11.7. The van der Waals surface area contributed by atoms with Crippen molar-refractivity contribution in [2.75, 3.05) is 0 Å². The zero-order valence-corrected chi connectivity index (χ0v) is 15.5. The highest BCUT2D eigenvalue weighted by molar-refractivity contribution is 5.94. The Hall–Kier alpha value is -2.23. The van der Waals surface area contributed by atoms with E-state index in [-0.39, 0.29) is 28.4 Å². The zero-order valence-electron chi connectivity index (χ0n) is 15.5. The maximum Gasteiger partial charge on any atom is 0.339 e. The molecule has 3 N–H and O–H groups in total. The minimum absolute atomic E-state index is 0.0469. The summed E-state index contributed by atoms with van der Waals surface area (Å²) in [6.45, 7) is 12.1. The lowest BCUT2D eigenvalue weighted by atomic mass is 9.62. The fourth-order valence-corrected chi connectivity index (χ4v) is 3.78. The molecule has 1 aromatic rings. The second-order valence-corrected chi connectivity index (χ2v) is 7.44. The Morgan fingerprint density at radius 1 is 1.40 bits per heavy atom. The summed E-state index contributed by atoms with van der Waals surface area (Å²) in [5, 5.41) is 31.0. The fourth-order valence-electron chi connectivity index (χ4n) is 3.78. The monoisotopic (exact) mass is 344 g/mol. The Labute approximate surface area is 149 Å². The third kappa shape index (κ3) is 3.30. The number of aryl methyl sites for hydroxylation is 1. The average Bonchev–Trinajstić information content (AvgIpc) is 2.50. The molecule has 0 aromatic heterocycles. The first kappa shape index (κ1) is 19.1. The predicted octanol–water partition coefficient (Wildman–Crippen LogP) is 5.15. The van der Waals surface area contributed by atoms with Crippen molar-refractivity contribution in [3.63, 3.8) is 0 Å². The first-order valence-electron chi connectivity index (χ1n) is 8.77. The van der Waals surface area contributed by atoms with Crippen molar-refractivity contribution in [3.05, 3.63) is 46.6 Å². The summed E-state index contributed by atoms with van der Waals surface area (Å²) < 4.78 is 0. The van der Waals surface area contributed by atoms with Crippen molar-refractivity contribution in [2.45, 2.75) is 59.3 Å². The average molecular weight is 344 g/mol. The van der Waals surface area contributed by atoms with Gasteiger partial charge in [-0.15, -0.1) is 0 Å². The molecule has 2 atom stereocenters. The molecule has 0 radical (unpaired) electrons. The summed E-state index contributed by atoms with van der Waals surface area (Å²) >= 11 is 0. The van der Waals surface area contributed by atoms with Crippen LogP contribution in [0.1, 0.15) is 74.4 Å².